The second-order valence-electron chi connectivity index (χ2n) is 2.78. The first-order valence-electron chi connectivity index (χ1n) is 2.98. The van der Waals surface area contributed by atoms with Crippen LogP contribution < -0.4 is 0 Å². The molecule has 0 aromatic heterocycles. The molecule has 58 valence electrons. The van der Waals surface area contributed by atoms with Crippen LogP contribution in [0.5, 0.6) is 0 Å². The third kappa shape index (κ3) is 5.21. The Balaban J connectivity index is 3.81. The van der Waals surface area contributed by atoms with Gasteiger partial charge in [-0.1, -0.05) is 5.11 Å². The first-order chi connectivity index (χ1) is 4.45. The van der Waals surface area contributed by atoms with E-state index in [4.69, 9.17) is 4.74 Å². The summed E-state index contributed by atoms with van der Waals surface area (Å²) in [5.41, 5.74) is -0.481. The van der Waals surface area contributed by atoms with E-state index in [1.807, 2.05) is 0 Å². The number of amides is 1. The second kappa shape index (κ2) is 3.29. The van der Waals surface area contributed by atoms with Crippen LogP contribution in [0.25, 0.3) is 0 Å². The molecule has 0 spiro atoms. The van der Waals surface area contributed by atoms with Crippen LogP contribution in [0.15, 0.2) is 10.2 Å². The second-order valence-corrected chi connectivity index (χ2v) is 2.78. The maximum absolute atomic E-state index is 10.6. The van der Waals surface area contributed by atoms with Crippen LogP contribution in [0.1, 0.15) is 20.8 Å². The van der Waals surface area contributed by atoms with Gasteiger partial charge in [-0.15, -0.1) is 0 Å². The summed E-state index contributed by atoms with van der Waals surface area (Å²) in [6, 6.07) is 0. The summed E-state index contributed by atoms with van der Waals surface area (Å²) in [4.78, 5) is 10.6. The van der Waals surface area contributed by atoms with E-state index in [1.165, 1.54) is 7.05 Å². The summed E-state index contributed by atoms with van der Waals surface area (Å²) < 4.78 is 4.78. The minimum Gasteiger partial charge on any atom is -0.441 e. The standard InChI is InChI=1S/C6H12N2O2/c1-6(2,3)10-5(9)8-7-4/h1-4H3/b8-7+. The molecule has 0 N–H and O–H groups in total. The highest BCUT2D eigenvalue weighted by atomic mass is 16.6. The number of hydrogen-bond donors (Lipinski definition) is 0. The third-order valence-corrected chi connectivity index (χ3v) is 0.575. The zero-order valence-corrected chi connectivity index (χ0v) is 6.71. The number of carbonyl (C=O) groups is 1. The number of nitrogens with zero attached hydrogens (tertiary/aromatic N) is 2. The molecule has 0 bridgehead atoms. The minimum atomic E-state index is -0.644. The van der Waals surface area contributed by atoms with Crippen LogP contribution in [0.3, 0.4) is 0 Å². The maximum atomic E-state index is 10.6. The van der Waals surface area contributed by atoms with Crippen molar-refractivity contribution in [3.8, 4) is 0 Å². The van der Waals surface area contributed by atoms with Crippen molar-refractivity contribution < 1.29 is 9.53 Å². The molecular formula is C6H12N2O2. The van der Waals surface area contributed by atoms with Gasteiger partial charge in [-0.05, 0) is 20.8 Å². The van der Waals surface area contributed by atoms with E-state index in [9.17, 15) is 4.79 Å². The fourth-order valence-electron chi connectivity index (χ4n) is 0.364. The number of ether oxygens (including phenoxy) is 1. The van der Waals surface area contributed by atoms with Crippen LogP contribution in [-0.4, -0.2) is 18.7 Å². The zero-order valence-electron chi connectivity index (χ0n) is 6.71. The molecule has 0 heterocycles. The normalized spacial score (nSPS) is 12.0. The van der Waals surface area contributed by atoms with Crippen molar-refractivity contribution in [3.63, 3.8) is 0 Å². The van der Waals surface area contributed by atoms with E-state index < -0.39 is 11.7 Å². The van der Waals surface area contributed by atoms with Gasteiger partial charge in [-0.3, -0.25) is 0 Å². The summed E-state index contributed by atoms with van der Waals surface area (Å²) in [6.07, 6.45) is -0.644. The summed E-state index contributed by atoms with van der Waals surface area (Å²) in [5, 5.41) is 6.44. The molecule has 0 aliphatic rings. The zero-order chi connectivity index (χ0) is 8.20. The van der Waals surface area contributed by atoms with E-state index in [2.05, 4.69) is 10.2 Å². The molecule has 4 heteroatoms. The molecule has 1 amide bonds. The van der Waals surface area contributed by atoms with Crippen molar-refractivity contribution in [1.82, 2.24) is 0 Å². The van der Waals surface area contributed by atoms with Crippen molar-refractivity contribution >= 4 is 6.09 Å². The molecule has 4 nitrogen and oxygen atoms in total. The van der Waals surface area contributed by atoms with Gasteiger partial charge in [0.1, 0.15) is 5.60 Å². The predicted octanol–water partition coefficient (Wildman–Crippen LogP) is 2.00. The molecule has 10 heavy (non-hydrogen) atoms. The molecule has 0 fully saturated rings. The van der Waals surface area contributed by atoms with Gasteiger partial charge in [-0.25, -0.2) is 4.79 Å². The van der Waals surface area contributed by atoms with E-state index in [0.717, 1.165) is 0 Å². The average Bonchev–Trinajstić information content (AvgIpc) is 1.59. The van der Waals surface area contributed by atoms with Crippen LogP contribution >= 0.6 is 0 Å². The van der Waals surface area contributed by atoms with Crippen LogP contribution in [-0.2, 0) is 4.74 Å². The predicted molar refractivity (Wildman–Crippen MR) is 37.0 cm³/mol. The molecule has 0 saturated heterocycles. The van der Waals surface area contributed by atoms with Crippen LogP contribution in [0.2, 0.25) is 0 Å². The summed E-state index contributed by atoms with van der Waals surface area (Å²) in [5.74, 6) is 0. The van der Waals surface area contributed by atoms with Crippen molar-refractivity contribution in [2.75, 3.05) is 7.05 Å². The number of rotatable bonds is 0. The summed E-state index contributed by atoms with van der Waals surface area (Å²) >= 11 is 0. The van der Waals surface area contributed by atoms with Crippen molar-refractivity contribution in [2.24, 2.45) is 10.2 Å². The highest BCUT2D eigenvalue weighted by Gasteiger charge is 2.14. The Labute approximate surface area is 60.3 Å². The molecule has 0 aliphatic carbocycles. The van der Waals surface area contributed by atoms with E-state index in [0.29, 0.717) is 0 Å². The van der Waals surface area contributed by atoms with Gasteiger partial charge in [0.15, 0.2) is 0 Å². The van der Waals surface area contributed by atoms with E-state index >= 15 is 0 Å². The van der Waals surface area contributed by atoms with E-state index in [1.54, 1.807) is 20.8 Å². The highest BCUT2D eigenvalue weighted by Crippen LogP contribution is 2.07. The summed E-state index contributed by atoms with van der Waals surface area (Å²) in [6.45, 7) is 5.32. The fourth-order valence-corrected chi connectivity index (χ4v) is 0.364. The molecule has 0 aliphatic heterocycles. The van der Waals surface area contributed by atoms with Gasteiger partial charge in [0.25, 0.3) is 0 Å². The SMILES string of the molecule is C/N=N/C(=O)OC(C)(C)C. The molecule has 0 rings (SSSR count). The Hall–Kier alpha value is -0.930. The highest BCUT2D eigenvalue weighted by molar-refractivity contribution is 5.67. The Kier molecular flexibility index (Phi) is 2.99. The van der Waals surface area contributed by atoms with Crippen LogP contribution in [0, 0.1) is 0 Å². The third-order valence-electron chi connectivity index (χ3n) is 0.575. The fraction of sp³-hybridized carbons (Fsp3) is 0.833. The topological polar surface area (TPSA) is 51.0 Å². The first-order valence-corrected chi connectivity index (χ1v) is 2.98. The van der Waals surface area contributed by atoms with Crippen LogP contribution in [0.4, 0.5) is 4.79 Å². The summed E-state index contributed by atoms with van der Waals surface area (Å²) in [7, 11) is 1.42. The first kappa shape index (κ1) is 9.07. The van der Waals surface area contributed by atoms with Crippen molar-refractivity contribution in [1.29, 1.82) is 0 Å². The maximum Gasteiger partial charge on any atom is 0.452 e. The molecule has 0 aromatic carbocycles. The smallest absolute Gasteiger partial charge is 0.441 e. The molecule has 0 aromatic rings. The Morgan fingerprint density at radius 3 is 2.20 bits per heavy atom. The molecule has 0 unspecified atom stereocenters. The Bertz CT molecular complexity index is 146. The number of carbonyl (C=O) groups excluding carboxylic acids is 1. The van der Waals surface area contributed by atoms with Crippen molar-refractivity contribution in [3.05, 3.63) is 0 Å². The number of hydrogen-bond acceptors (Lipinski definition) is 3. The number of azo groups is 1. The van der Waals surface area contributed by atoms with E-state index in [-0.39, 0.29) is 0 Å². The minimum absolute atomic E-state index is 0.481. The lowest BCUT2D eigenvalue weighted by atomic mass is 10.2. The molecular weight excluding hydrogens is 132 g/mol. The quantitative estimate of drug-likeness (QED) is 0.488. The van der Waals surface area contributed by atoms with Gasteiger partial charge >= 0.3 is 6.09 Å². The monoisotopic (exact) mass is 144 g/mol. The van der Waals surface area contributed by atoms with Gasteiger partial charge in [0, 0.05) is 7.05 Å². The lowest BCUT2D eigenvalue weighted by molar-refractivity contribution is 0.0591. The van der Waals surface area contributed by atoms with Gasteiger partial charge in [0.2, 0.25) is 0 Å². The van der Waals surface area contributed by atoms with Crippen molar-refractivity contribution in [2.45, 2.75) is 26.4 Å². The largest absolute Gasteiger partial charge is 0.452 e. The molecule has 0 radical (unpaired) electrons. The lowest BCUT2D eigenvalue weighted by Crippen LogP contribution is -2.21. The van der Waals surface area contributed by atoms with Gasteiger partial charge < -0.3 is 4.74 Å². The molecule has 0 saturated carbocycles. The van der Waals surface area contributed by atoms with Gasteiger partial charge in [0.05, 0.1) is 0 Å². The lowest BCUT2D eigenvalue weighted by Gasteiger charge is -2.16. The average molecular weight is 144 g/mol. The molecule has 0 atom stereocenters. The Morgan fingerprint density at radius 1 is 1.40 bits per heavy atom. The van der Waals surface area contributed by atoms with Gasteiger partial charge in [-0.2, -0.15) is 5.11 Å². The Morgan fingerprint density at radius 2 is 1.90 bits per heavy atom.